The molecule has 5 heteroatoms. The number of methoxy groups -OCH3 is 1. The Labute approximate surface area is 129 Å². The normalized spacial score (nSPS) is 20.2. The number of benzene rings is 1. The predicted octanol–water partition coefficient (Wildman–Crippen LogP) is 4.48. The Morgan fingerprint density at radius 1 is 1.35 bits per heavy atom. The molecular weight excluding hydrogens is 292 g/mol. The number of nitrogens with zero attached hydrogens (tertiary/aromatic N) is 1. The van der Waals surface area contributed by atoms with Crippen LogP contribution in [0.1, 0.15) is 31.2 Å². The molecule has 0 aromatic heterocycles. The summed E-state index contributed by atoms with van der Waals surface area (Å²) < 4.78 is 5.40. The molecule has 0 atom stereocenters. The first kappa shape index (κ1) is 14.1. The number of halogens is 1. The van der Waals surface area contributed by atoms with E-state index in [-0.39, 0.29) is 5.54 Å². The Morgan fingerprint density at radius 2 is 2.10 bits per heavy atom. The smallest absolute Gasteiger partial charge is 0.161 e. The van der Waals surface area contributed by atoms with Gasteiger partial charge >= 0.3 is 0 Å². The minimum absolute atomic E-state index is 0.196. The molecule has 0 saturated heterocycles. The average molecular weight is 311 g/mol. The minimum atomic E-state index is 0.196. The lowest BCUT2D eigenvalue weighted by Gasteiger charge is -2.16. The van der Waals surface area contributed by atoms with Crippen LogP contribution in [0.3, 0.4) is 0 Å². The van der Waals surface area contributed by atoms with Gasteiger partial charge in [0.1, 0.15) is 5.75 Å². The first-order valence-corrected chi connectivity index (χ1v) is 8.32. The highest BCUT2D eigenvalue weighted by molar-refractivity contribution is 8.14. The molecule has 1 aliphatic heterocycles. The van der Waals surface area contributed by atoms with E-state index in [1.165, 1.54) is 25.7 Å². The number of ether oxygens (including phenoxy) is 1. The molecule has 3 rings (SSSR count). The van der Waals surface area contributed by atoms with Gasteiger partial charge in [0.2, 0.25) is 0 Å². The number of anilines is 1. The molecule has 1 aliphatic carbocycles. The second-order valence-corrected chi connectivity index (χ2v) is 6.94. The molecule has 0 amide bonds. The molecule has 20 heavy (non-hydrogen) atoms. The Hall–Kier alpha value is -0.870. The lowest BCUT2D eigenvalue weighted by molar-refractivity contribution is 0.417. The first-order valence-electron chi connectivity index (χ1n) is 6.96. The zero-order chi connectivity index (χ0) is 14.2. The molecule has 108 valence electrons. The summed E-state index contributed by atoms with van der Waals surface area (Å²) in [5.41, 5.74) is 2.17. The maximum atomic E-state index is 6.14. The second-order valence-electron chi connectivity index (χ2n) is 5.56. The topological polar surface area (TPSA) is 33.6 Å². The molecule has 0 bridgehead atoms. The van der Waals surface area contributed by atoms with Crippen molar-refractivity contribution in [2.45, 2.75) is 38.1 Å². The maximum Gasteiger partial charge on any atom is 0.161 e. The summed E-state index contributed by atoms with van der Waals surface area (Å²) in [4.78, 5) is 4.92. The molecule has 0 radical (unpaired) electrons. The van der Waals surface area contributed by atoms with Crippen LogP contribution in [-0.4, -0.2) is 23.6 Å². The summed E-state index contributed by atoms with van der Waals surface area (Å²) in [6.45, 7) is 2.00. The third kappa shape index (κ3) is 2.63. The molecule has 1 heterocycles. The van der Waals surface area contributed by atoms with Crippen molar-refractivity contribution in [3.63, 3.8) is 0 Å². The van der Waals surface area contributed by atoms with Crippen LogP contribution in [0, 0.1) is 6.92 Å². The van der Waals surface area contributed by atoms with Crippen molar-refractivity contribution in [1.82, 2.24) is 0 Å². The molecule has 3 nitrogen and oxygen atoms in total. The van der Waals surface area contributed by atoms with Gasteiger partial charge in [0.15, 0.2) is 5.17 Å². The Balaban J connectivity index is 1.83. The maximum absolute atomic E-state index is 6.14. The molecule has 1 aromatic carbocycles. The van der Waals surface area contributed by atoms with Gasteiger partial charge in [-0.25, -0.2) is 0 Å². The first-order chi connectivity index (χ1) is 9.62. The van der Waals surface area contributed by atoms with Gasteiger partial charge in [0.25, 0.3) is 0 Å². The number of hydrogen-bond acceptors (Lipinski definition) is 4. The highest BCUT2D eigenvalue weighted by atomic mass is 35.5. The summed E-state index contributed by atoms with van der Waals surface area (Å²) in [7, 11) is 1.66. The monoisotopic (exact) mass is 310 g/mol. The van der Waals surface area contributed by atoms with E-state index in [0.29, 0.717) is 0 Å². The third-order valence-electron chi connectivity index (χ3n) is 4.07. The van der Waals surface area contributed by atoms with Crippen molar-refractivity contribution >= 4 is 34.2 Å². The number of thioether (sulfide) groups is 1. The zero-order valence-electron chi connectivity index (χ0n) is 11.8. The predicted molar refractivity (Wildman–Crippen MR) is 87.5 cm³/mol. The van der Waals surface area contributed by atoms with E-state index in [4.69, 9.17) is 21.3 Å². The van der Waals surface area contributed by atoms with Crippen LogP contribution in [0.25, 0.3) is 0 Å². The van der Waals surface area contributed by atoms with E-state index >= 15 is 0 Å². The van der Waals surface area contributed by atoms with Crippen molar-refractivity contribution in [3.05, 3.63) is 22.7 Å². The van der Waals surface area contributed by atoms with Gasteiger partial charge in [-0.15, -0.1) is 0 Å². The molecule has 1 N–H and O–H groups in total. The second kappa shape index (κ2) is 5.49. The SMILES string of the molecule is COc1cc(Cl)c(C)cc1NC1=NC2(CCCC2)CS1. The van der Waals surface area contributed by atoms with E-state index in [0.717, 1.165) is 32.9 Å². The van der Waals surface area contributed by atoms with E-state index in [1.807, 2.05) is 30.8 Å². The summed E-state index contributed by atoms with van der Waals surface area (Å²) in [5, 5.41) is 5.14. The summed E-state index contributed by atoms with van der Waals surface area (Å²) in [6.07, 6.45) is 5.06. The quantitative estimate of drug-likeness (QED) is 0.874. The highest BCUT2D eigenvalue weighted by Crippen LogP contribution is 2.42. The number of amidine groups is 1. The fourth-order valence-electron chi connectivity index (χ4n) is 2.88. The number of aliphatic imine (C=N–C) groups is 1. The van der Waals surface area contributed by atoms with Gasteiger partial charge in [-0.05, 0) is 31.4 Å². The number of aryl methyl sites for hydroxylation is 1. The third-order valence-corrected chi connectivity index (χ3v) is 5.63. The van der Waals surface area contributed by atoms with Crippen molar-refractivity contribution in [3.8, 4) is 5.75 Å². The van der Waals surface area contributed by atoms with Gasteiger partial charge in [-0.1, -0.05) is 36.2 Å². The van der Waals surface area contributed by atoms with Gasteiger partial charge in [0.05, 0.1) is 18.3 Å². The van der Waals surface area contributed by atoms with Gasteiger partial charge in [-0.3, -0.25) is 4.99 Å². The average Bonchev–Trinajstić information content (AvgIpc) is 3.05. The zero-order valence-corrected chi connectivity index (χ0v) is 13.4. The van der Waals surface area contributed by atoms with Crippen molar-refractivity contribution in [1.29, 1.82) is 0 Å². The Bertz CT molecular complexity index is 553. The van der Waals surface area contributed by atoms with Crippen LogP contribution in [0.15, 0.2) is 17.1 Å². The van der Waals surface area contributed by atoms with Crippen LogP contribution in [0.4, 0.5) is 5.69 Å². The van der Waals surface area contributed by atoms with E-state index < -0.39 is 0 Å². The van der Waals surface area contributed by atoms with Crippen LogP contribution in [0.2, 0.25) is 5.02 Å². The van der Waals surface area contributed by atoms with Crippen molar-refractivity contribution in [2.24, 2.45) is 4.99 Å². The molecule has 1 fully saturated rings. The summed E-state index contributed by atoms with van der Waals surface area (Å²) >= 11 is 7.95. The van der Waals surface area contributed by atoms with Crippen LogP contribution in [-0.2, 0) is 0 Å². The minimum Gasteiger partial charge on any atom is -0.495 e. The standard InChI is InChI=1S/C15H19ClN2OS/c1-10-7-12(13(19-2)8-11(10)16)17-14-18-15(9-20-14)5-3-4-6-15/h7-8H,3-6,9H2,1-2H3,(H,17,18). The van der Waals surface area contributed by atoms with E-state index in [1.54, 1.807) is 7.11 Å². The highest BCUT2D eigenvalue weighted by Gasteiger charge is 2.38. The van der Waals surface area contributed by atoms with Crippen LogP contribution >= 0.6 is 23.4 Å². The van der Waals surface area contributed by atoms with Gasteiger partial charge in [-0.2, -0.15) is 0 Å². The van der Waals surface area contributed by atoms with Gasteiger partial charge < -0.3 is 10.1 Å². The van der Waals surface area contributed by atoms with E-state index in [2.05, 4.69) is 5.32 Å². The molecule has 1 aromatic rings. The summed E-state index contributed by atoms with van der Waals surface area (Å²) in [6, 6.07) is 3.87. The number of hydrogen-bond donors (Lipinski definition) is 1. The Morgan fingerprint density at radius 3 is 2.80 bits per heavy atom. The lowest BCUT2D eigenvalue weighted by Crippen LogP contribution is -2.21. The van der Waals surface area contributed by atoms with Gasteiger partial charge in [0, 0.05) is 16.8 Å². The number of rotatable bonds is 2. The molecule has 0 unspecified atom stereocenters. The fourth-order valence-corrected chi connectivity index (χ4v) is 4.23. The molecule has 2 aliphatic rings. The number of nitrogens with one attached hydrogen (secondary N) is 1. The lowest BCUT2D eigenvalue weighted by atomic mass is 10.0. The van der Waals surface area contributed by atoms with E-state index in [9.17, 15) is 0 Å². The van der Waals surface area contributed by atoms with Crippen molar-refractivity contribution in [2.75, 3.05) is 18.2 Å². The Kier molecular flexibility index (Phi) is 3.87. The summed E-state index contributed by atoms with van der Waals surface area (Å²) in [5.74, 6) is 1.86. The molecule has 1 saturated carbocycles. The van der Waals surface area contributed by atoms with Crippen molar-refractivity contribution < 1.29 is 4.74 Å². The largest absolute Gasteiger partial charge is 0.495 e. The molecule has 1 spiro atoms. The fraction of sp³-hybridized carbons (Fsp3) is 0.533. The molecular formula is C15H19ClN2OS. The van der Waals surface area contributed by atoms with Crippen LogP contribution < -0.4 is 10.1 Å². The van der Waals surface area contributed by atoms with Crippen LogP contribution in [0.5, 0.6) is 5.75 Å².